The first-order valence-corrected chi connectivity index (χ1v) is 11.0. The Hall–Kier alpha value is -3.61. The van der Waals surface area contributed by atoms with E-state index in [1.165, 1.54) is 18.5 Å². The molecule has 0 bridgehead atoms. The first-order valence-electron chi connectivity index (χ1n) is 11.0. The summed E-state index contributed by atoms with van der Waals surface area (Å²) in [6.07, 6.45) is 4.04. The van der Waals surface area contributed by atoms with Crippen molar-refractivity contribution in [2.75, 3.05) is 23.3 Å². The first-order chi connectivity index (χ1) is 15.5. The second kappa shape index (κ2) is 8.15. The lowest BCUT2D eigenvalue weighted by Crippen LogP contribution is -2.32. The lowest BCUT2D eigenvalue weighted by atomic mass is 9.99. The van der Waals surface area contributed by atoms with E-state index in [2.05, 4.69) is 39.4 Å². The molecule has 0 radical (unpaired) electrons. The molecule has 0 spiro atoms. The van der Waals surface area contributed by atoms with Crippen LogP contribution in [0.15, 0.2) is 53.1 Å². The molecule has 4 aromatic rings. The number of piperidine rings is 1. The van der Waals surface area contributed by atoms with Crippen molar-refractivity contribution in [3.8, 4) is 11.5 Å². The summed E-state index contributed by atoms with van der Waals surface area (Å²) in [5.41, 5.74) is 4.50. The average molecular weight is 430 g/mol. The van der Waals surface area contributed by atoms with Gasteiger partial charge in [0.2, 0.25) is 0 Å². The number of carbonyl (C=O) groups is 1. The molecule has 1 aliphatic rings. The number of nitrogens with one attached hydrogen (secondary N) is 1. The fourth-order valence-electron chi connectivity index (χ4n) is 4.40. The minimum absolute atomic E-state index is 0.194. The summed E-state index contributed by atoms with van der Waals surface area (Å²) in [5, 5.41) is 8.26. The summed E-state index contributed by atoms with van der Waals surface area (Å²) in [5.74, 6) is 1.21. The number of amides is 1. The molecule has 0 saturated carbocycles. The van der Waals surface area contributed by atoms with E-state index in [-0.39, 0.29) is 5.91 Å². The summed E-state index contributed by atoms with van der Waals surface area (Å²) < 4.78 is 7.21. The summed E-state index contributed by atoms with van der Waals surface area (Å²) >= 11 is 0. The number of rotatable bonds is 4. The van der Waals surface area contributed by atoms with Crippen molar-refractivity contribution < 1.29 is 9.21 Å². The molecule has 0 aliphatic carbocycles. The van der Waals surface area contributed by atoms with Gasteiger partial charge in [0, 0.05) is 31.5 Å². The molecule has 32 heavy (non-hydrogen) atoms. The van der Waals surface area contributed by atoms with Gasteiger partial charge in [0.25, 0.3) is 5.91 Å². The molecule has 1 N–H and O–H groups in total. The third-order valence-electron chi connectivity index (χ3n) is 6.26. The van der Waals surface area contributed by atoms with Gasteiger partial charge >= 0.3 is 0 Å². The second-order valence-electron chi connectivity index (χ2n) is 8.61. The summed E-state index contributed by atoms with van der Waals surface area (Å²) in [7, 11) is 1.83. The highest BCUT2D eigenvalue weighted by atomic mass is 16.3. The van der Waals surface area contributed by atoms with Gasteiger partial charge in [-0.3, -0.25) is 9.48 Å². The molecular formula is C25H27N5O2. The number of fused-ring (bicyclic) bond motifs is 1. The maximum absolute atomic E-state index is 13.3. The minimum Gasteiger partial charge on any atom is -0.463 e. The van der Waals surface area contributed by atoms with Crippen molar-refractivity contribution in [1.82, 2.24) is 14.8 Å². The maximum Gasteiger partial charge on any atom is 0.256 e. The SMILES string of the molecule is Cc1nn(C)c2nc(-c3ccco3)cc(C(=O)Nc3ccc(N4CCC(C)CC4)cc3)c12. The smallest absolute Gasteiger partial charge is 0.256 e. The van der Waals surface area contributed by atoms with Crippen LogP contribution >= 0.6 is 0 Å². The van der Waals surface area contributed by atoms with Crippen LogP contribution < -0.4 is 10.2 Å². The van der Waals surface area contributed by atoms with Gasteiger partial charge in [-0.05, 0) is 68.1 Å². The van der Waals surface area contributed by atoms with Gasteiger partial charge in [0.15, 0.2) is 11.4 Å². The number of carbonyl (C=O) groups excluding carboxylic acids is 1. The Balaban J connectivity index is 1.43. The highest BCUT2D eigenvalue weighted by molar-refractivity contribution is 6.13. The Morgan fingerprint density at radius 1 is 1.16 bits per heavy atom. The van der Waals surface area contributed by atoms with Gasteiger partial charge in [0.1, 0.15) is 5.69 Å². The summed E-state index contributed by atoms with van der Waals surface area (Å²) in [4.78, 5) is 20.4. The van der Waals surface area contributed by atoms with Gasteiger partial charge in [-0.2, -0.15) is 5.10 Å². The van der Waals surface area contributed by atoms with Gasteiger partial charge < -0.3 is 14.6 Å². The van der Waals surface area contributed by atoms with E-state index < -0.39 is 0 Å². The Kier molecular flexibility index (Phi) is 5.17. The molecule has 1 amide bonds. The van der Waals surface area contributed by atoms with E-state index in [0.717, 1.165) is 35.8 Å². The lowest BCUT2D eigenvalue weighted by Gasteiger charge is -2.32. The number of anilines is 2. The zero-order valence-electron chi connectivity index (χ0n) is 18.6. The third kappa shape index (κ3) is 3.75. The number of aryl methyl sites for hydroxylation is 2. The normalized spacial score (nSPS) is 14.8. The minimum atomic E-state index is -0.194. The van der Waals surface area contributed by atoms with Crippen LogP contribution in [0.4, 0.5) is 11.4 Å². The Morgan fingerprint density at radius 2 is 1.91 bits per heavy atom. The van der Waals surface area contributed by atoms with Crippen LogP contribution in [0.3, 0.4) is 0 Å². The summed E-state index contributed by atoms with van der Waals surface area (Å²) in [6, 6.07) is 13.5. The predicted octanol–water partition coefficient (Wildman–Crippen LogP) is 5.03. The van der Waals surface area contributed by atoms with Gasteiger partial charge in [0.05, 0.1) is 22.9 Å². The number of hydrogen-bond donors (Lipinski definition) is 1. The van der Waals surface area contributed by atoms with Crippen molar-refractivity contribution in [2.45, 2.75) is 26.7 Å². The van der Waals surface area contributed by atoms with E-state index in [4.69, 9.17) is 4.42 Å². The molecule has 0 unspecified atom stereocenters. The van der Waals surface area contributed by atoms with Crippen LogP contribution in [0, 0.1) is 12.8 Å². The number of nitrogens with zero attached hydrogens (tertiary/aromatic N) is 4. The highest BCUT2D eigenvalue weighted by Gasteiger charge is 2.21. The molecule has 1 aliphatic heterocycles. The van der Waals surface area contributed by atoms with E-state index in [0.29, 0.717) is 22.7 Å². The Labute approximate surface area is 187 Å². The number of aromatic nitrogens is 3. The van der Waals surface area contributed by atoms with Gasteiger partial charge in [-0.25, -0.2) is 4.98 Å². The highest BCUT2D eigenvalue weighted by Crippen LogP contribution is 2.28. The molecule has 1 saturated heterocycles. The van der Waals surface area contributed by atoms with Gasteiger partial charge in [-0.1, -0.05) is 6.92 Å². The number of hydrogen-bond acceptors (Lipinski definition) is 5. The van der Waals surface area contributed by atoms with Crippen LogP contribution in [0.1, 0.15) is 35.8 Å². The molecule has 164 valence electrons. The largest absolute Gasteiger partial charge is 0.463 e. The molecule has 1 aromatic carbocycles. The van der Waals surface area contributed by atoms with Crippen LogP contribution in [0.5, 0.6) is 0 Å². The van der Waals surface area contributed by atoms with Crippen molar-refractivity contribution in [3.63, 3.8) is 0 Å². The van der Waals surface area contributed by atoms with E-state index in [9.17, 15) is 4.79 Å². The fraction of sp³-hybridized carbons (Fsp3) is 0.320. The Bertz CT molecular complexity index is 1250. The van der Waals surface area contributed by atoms with Crippen molar-refractivity contribution in [2.24, 2.45) is 13.0 Å². The molecule has 7 nitrogen and oxygen atoms in total. The first kappa shape index (κ1) is 20.3. The van der Waals surface area contributed by atoms with Crippen molar-refractivity contribution >= 4 is 28.3 Å². The maximum atomic E-state index is 13.3. The van der Waals surface area contributed by atoms with Crippen LogP contribution in [0.25, 0.3) is 22.5 Å². The van der Waals surface area contributed by atoms with Crippen molar-refractivity contribution in [1.29, 1.82) is 0 Å². The monoisotopic (exact) mass is 429 g/mol. The predicted molar refractivity (Wildman–Crippen MR) is 126 cm³/mol. The molecular weight excluding hydrogens is 402 g/mol. The zero-order chi connectivity index (χ0) is 22.2. The quantitative estimate of drug-likeness (QED) is 0.493. The molecule has 1 fully saturated rings. The summed E-state index contributed by atoms with van der Waals surface area (Å²) in [6.45, 7) is 6.37. The standard InChI is InChI=1S/C25H27N5O2/c1-16-10-12-30(13-11-16)19-8-6-18(7-9-19)26-25(31)20-15-21(22-5-4-14-32-22)27-24-23(20)17(2)28-29(24)3/h4-9,14-16H,10-13H2,1-3H3,(H,26,31). The van der Waals surface area contributed by atoms with Crippen LogP contribution in [0.2, 0.25) is 0 Å². The van der Waals surface area contributed by atoms with E-state index in [1.54, 1.807) is 23.1 Å². The fourth-order valence-corrected chi connectivity index (χ4v) is 4.40. The molecule has 3 aromatic heterocycles. The number of pyridine rings is 1. The van der Waals surface area contributed by atoms with Crippen LogP contribution in [-0.4, -0.2) is 33.8 Å². The molecule has 5 rings (SSSR count). The van der Waals surface area contributed by atoms with E-state index >= 15 is 0 Å². The van der Waals surface area contributed by atoms with E-state index in [1.807, 2.05) is 32.2 Å². The molecule has 0 atom stereocenters. The lowest BCUT2D eigenvalue weighted by molar-refractivity contribution is 0.102. The third-order valence-corrected chi connectivity index (χ3v) is 6.26. The second-order valence-corrected chi connectivity index (χ2v) is 8.61. The molecule has 4 heterocycles. The topological polar surface area (TPSA) is 76.2 Å². The Morgan fingerprint density at radius 3 is 2.59 bits per heavy atom. The van der Waals surface area contributed by atoms with Gasteiger partial charge in [-0.15, -0.1) is 0 Å². The number of benzene rings is 1. The number of furan rings is 1. The van der Waals surface area contributed by atoms with Crippen LogP contribution in [-0.2, 0) is 7.05 Å². The van der Waals surface area contributed by atoms with Crippen molar-refractivity contribution in [3.05, 3.63) is 60.0 Å². The zero-order valence-corrected chi connectivity index (χ0v) is 18.6. The average Bonchev–Trinajstić information content (AvgIpc) is 3.43. The molecule has 7 heteroatoms.